The SMILES string of the molecule is O=S(=O)(NC[C@H]1CC[C@H](CNc2nc(NCCc3ccc(F)cc3)c3ccccc3n2)CC1)c1cc(C(F)(F)F)cc(C(F)(F)F)c1. The average Bonchev–Trinajstić information content (AvgIpc) is 3.03. The maximum absolute atomic E-state index is 13.2. The van der Waals surface area contributed by atoms with Crippen molar-refractivity contribution in [3.63, 3.8) is 0 Å². The van der Waals surface area contributed by atoms with Crippen LogP contribution in [-0.4, -0.2) is 38.0 Å². The van der Waals surface area contributed by atoms with Crippen LogP contribution in [0.25, 0.3) is 10.9 Å². The van der Waals surface area contributed by atoms with Gasteiger partial charge in [-0.25, -0.2) is 22.5 Å². The number of alkyl halides is 6. The van der Waals surface area contributed by atoms with E-state index in [0.29, 0.717) is 44.1 Å². The fourth-order valence-corrected chi connectivity index (χ4v) is 6.72. The van der Waals surface area contributed by atoms with Gasteiger partial charge in [0.05, 0.1) is 21.5 Å². The van der Waals surface area contributed by atoms with E-state index in [1.165, 1.54) is 12.1 Å². The van der Waals surface area contributed by atoms with E-state index in [0.717, 1.165) is 29.3 Å². The Morgan fingerprint density at radius 1 is 0.745 bits per heavy atom. The van der Waals surface area contributed by atoms with Gasteiger partial charge in [0.1, 0.15) is 11.6 Å². The van der Waals surface area contributed by atoms with E-state index in [2.05, 4.69) is 25.3 Å². The second kappa shape index (κ2) is 14.0. The molecule has 3 aromatic carbocycles. The molecule has 3 N–H and O–H groups in total. The number of nitrogens with one attached hydrogen (secondary N) is 3. The molecule has 1 aromatic heterocycles. The fourth-order valence-electron chi connectivity index (χ4n) is 5.53. The second-order valence-corrected chi connectivity index (χ2v) is 13.3. The third-order valence-electron chi connectivity index (χ3n) is 8.17. The van der Waals surface area contributed by atoms with E-state index < -0.39 is 38.4 Å². The first-order valence-corrected chi connectivity index (χ1v) is 16.4. The van der Waals surface area contributed by atoms with Crippen LogP contribution in [0.4, 0.5) is 42.5 Å². The monoisotopic (exact) mass is 683 g/mol. The zero-order valence-corrected chi connectivity index (χ0v) is 25.7. The van der Waals surface area contributed by atoms with Gasteiger partial charge < -0.3 is 10.6 Å². The normalized spacial score (nSPS) is 17.5. The summed E-state index contributed by atoms with van der Waals surface area (Å²) in [6.07, 6.45) is -6.98. The third-order valence-corrected chi connectivity index (χ3v) is 9.57. The van der Waals surface area contributed by atoms with Crippen LogP contribution >= 0.6 is 0 Å². The second-order valence-electron chi connectivity index (χ2n) is 11.6. The number of sulfonamides is 1. The minimum atomic E-state index is -5.15. The maximum atomic E-state index is 13.2. The number of nitrogens with zero attached hydrogens (tertiary/aromatic N) is 2. The van der Waals surface area contributed by atoms with Crippen molar-refractivity contribution in [1.82, 2.24) is 14.7 Å². The molecule has 0 aliphatic heterocycles. The van der Waals surface area contributed by atoms with E-state index in [1.807, 2.05) is 24.3 Å². The number of anilines is 2. The summed E-state index contributed by atoms with van der Waals surface area (Å²) in [5.74, 6) is 0.868. The minimum absolute atomic E-state index is 0.106. The summed E-state index contributed by atoms with van der Waals surface area (Å²) in [5.41, 5.74) is -1.66. The van der Waals surface area contributed by atoms with Crippen LogP contribution in [0.15, 0.2) is 71.6 Å². The molecule has 15 heteroatoms. The molecule has 47 heavy (non-hydrogen) atoms. The number of hydrogen-bond donors (Lipinski definition) is 3. The fraction of sp³-hybridized carbons (Fsp3) is 0.375. The molecule has 0 unspecified atom stereocenters. The number of fused-ring (bicyclic) bond motifs is 1. The van der Waals surface area contributed by atoms with Crippen molar-refractivity contribution < 1.29 is 39.2 Å². The standard InChI is InChI=1S/C32H32F7N5O2S/c33-25-11-9-20(10-12-25)13-14-40-29-27-3-1-2-4-28(27)43-30(44-29)41-18-21-5-7-22(8-6-21)19-42-47(45,46)26-16-23(31(34,35)36)15-24(17-26)32(37,38)39/h1-4,9-12,15-17,21-22,42H,5-8,13-14,18-19H2,(H2,40,41,43,44)/t21-,22-. The first-order valence-electron chi connectivity index (χ1n) is 15.0. The van der Waals surface area contributed by atoms with E-state index >= 15 is 0 Å². The number of rotatable bonds is 11. The van der Waals surface area contributed by atoms with Crippen molar-refractivity contribution in [1.29, 1.82) is 0 Å². The Bertz CT molecular complexity index is 1760. The van der Waals surface area contributed by atoms with Gasteiger partial charge in [-0.15, -0.1) is 0 Å². The van der Waals surface area contributed by atoms with Gasteiger partial charge >= 0.3 is 12.4 Å². The average molecular weight is 684 g/mol. The summed E-state index contributed by atoms with van der Waals surface area (Å²) in [6.45, 7) is 1.01. The molecule has 7 nitrogen and oxygen atoms in total. The van der Waals surface area contributed by atoms with Crippen LogP contribution in [0.5, 0.6) is 0 Å². The molecule has 1 heterocycles. The van der Waals surface area contributed by atoms with E-state index in [-0.39, 0.29) is 42.4 Å². The highest BCUT2D eigenvalue weighted by Gasteiger charge is 2.38. The zero-order valence-electron chi connectivity index (χ0n) is 24.9. The number of aromatic nitrogens is 2. The van der Waals surface area contributed by atoms with Gasteiger partial charge in [-0.05, 0) is 92.0 Å². The molecule has 1 fully saturated rings. The summed E-state index contributed by atoms with van der Waals surface area (Å²) >= 11 is 0. The lowest BCUT2D eigenvalue weighted by Crippen LogP contribution is -2.32. The van der Waals surface area contributed by atoms with Crippen LogP contribution in [0.1, 0.15) is 42.4 Å². The van der Waals surface area contributed by atoms with Crippen LogP contribution in [0.3, 0.4) is 0 Å². The molecule has 1 aliphatic carbocycles. The third kappa shape index (κ3) is 9.10. The van der Waals surface area contributed by atoms with Gasteiger partial charge in [-0.2, -0.15) is 31.3 Å². The zero-order chi connectivity index (χ0) is 33.8. The Kier molecular flexibility index (Phi) is 10.2. The molecular weight excluding hydrogens is 651 g/mol. The molecule has 0 atom stereocenters. The molecule has 0 saturated heterocycles. The van der Waals surface area contributed by atoms with Crippen LogP contribution in [0, 0.1) is 17.7 Å². The Hall–Kier alpha value is -3.98. The predicted molar refractivity (Wildman–Crippen MR) is 164 cm³/mol. The lowest BCUT2D eigenvalue weighted by atomic mass is 9.82. The summed E-state index contributed by atoms with van der Waals surface area (Å²) in [6, 6.07) is 14.2. The Morgan fingerprint density at radius 3 is 1.96 bits per heavy atom. The van der Waals surface area contributed by atoms with Gasteiger partial charge in [0, 0.05) is 25.0 Å². The molecule has 0 amide bonds. The van der Waals surface area contributed by atoms with Crippen LogP contribution in [-0.2, 0) is 28.8 Å². The first-order chi connectivity index (χ1) is 22.2. The van der Waals surface area contributed by atoms with Gasteiger partial charge in [-0.1, -0.05) is 24.3 Å². The van der Waals surface area contributed by atoms with Gasteiger partial charge in [0.2, 0.25) is 16.0 Å². The van der Waals surface area contributed by atoms with Crippen molar-refractivity contribution in [3.05, 3.63) is 89.2 Å². The molecule has 1 saturated carbocycles. The highest BCUT2D eigenvalue weighted by Crippen LogP contribution is 2.37. The molecule has 1 aliphatic rings. The highest BCUT2D eigenvalue weighted by atomic mass is 32.2. The Labute approximate surface area is 267 Å². The predicted octanol–water partition coefficient (Wildman–Crippen LogP) is 7.66. The smallest absolute Gasteiger partial charge is 0.369 e. The molecule has 252 valence electrons. The molecular formula is C32H32F7N5O2S. The molecule has 4 aromatic rings. The molecule has 0 radical (unpaired) electrons. The number of benzene rings is 3. The molecule has 0 bridgehead atoms. The summed E-state index contributed by atoms with van der Waals surface area (Å²) in [5, 5.41) is 7.48. The van der Waals surface area contributed by atoms with Crippen LogP contribution < -0.4 is 15.4 Å². The van der Waals surface area contributed by atoms with Crippen molar-refractivity contribution in [2.45, 2.75) is 49.4 Å². The maximum Gasteiger partial charge on any atom is 0.416 e. The van der Waals surface area contributed by atoms with Gasteiger partial charge in [-0.3, -0.25) is 0 Å². The van der Waals surface area contributed by atoms with Crippen molar-refractivity contribution in [3.8, 4) is 0 Å². The van der Waals surface area contributed by atoms with Crippen molar-refractivity contribution in [2.75, 3.05) is 30.3 Å². The highest BCUT2D eigenvalue weighted by molar-refractivity contribution is 7.89. The van der Waals surface area contributed by atoms with E-state index in [4.69, 9.17) is 0 Å². The molecule has 0 spiro atoms. The quantitative estimate of drug-likeness (QED) is 0.141. The number of halogens is 7. The number of para-hydroxylation sites is 1. The molecule has 5 rings (SSSR count). The lowest BCUT2D eigenvalue weighted by Gasteiger charge is -2.28. The lowest BCUT2D eigenvalue weighted by molar-refractivity contribution is -0.143. The topological polar surface area (TPSA) is 96.0 Å². The summed E-state index contributed by atoms with van der Waals surface area (Å²) in [4.78, 5) is 8.19. The minimum Gasteiger partial charge on any atom is -0.369 e. The Morgan fingerprint density at radius 2 is 1.34 bits per heavy atom. The van der Waals surface area contributed by atoms with Crippen molar-refractivity contribution >= 4 is 32.7 Å². The van der Waals surface area contributed by atoms with E-state index in [1.54, 1.807) is 12.1 Å². The Balaban J connectivity index is 1.15. The van der Waals surface area contributed by atoms with Gasteiger partial charge in [0.15, 0.2) is 0 Å². The summed E-state index contributed by atoms with van der Waals surface area (Å²) < 4.78 is 120. The first kappa shape index (κ1) is 34.4. The van der Waals surface area contributed by atoms with Crippen molar-refractivity contribution in [2.24, 2.45) is 11.8 Å². The summed E-state index contributed by atoms with van der Waals surface area (Å²) in [7, 11) is -4.63. The van der Waals surface area contributed by atoms with E-state index in [9.17, 15) is 39.2 Å². The largest absolute Gasteiger partial charge is 0.416 e. The van der Waals surface area contributed by atoms with Crippen LogP contribution in [0.2, 0.25) is 0 Å². The number of hydrogen-bond acceptors (Lipinski definition) is 6. The van der Waals surface area contributed by atoms with Gasteiger partial charge in [0.25, 0.3) is 0 Å².